The maximum absolute atomic E-state index is 13.5. The van der Waals surface area contributed by atoms with Gasteiger partial charge in [0.2, 0.25) is 5.91 Å². The number of nitrogens with zero attached hydrogens (tertiary/aromatic N) is 5. The Hall–Kier alpha value is -2.22. The summed E-state index contributed by atoms with van der Waals surface area (Å²) in [6.45, 7) is 12.7. The summed E-state index contributed by atoms with van der Waals surface area (Å²) in [5, 5.41) is 0.733. The maximum atomic E-state index is 13.5. The van der Waals surface area contributed by atoms with E-state index in [0.29, 0.717) is 18.9 Å². The minimum atomic E-state index is -0.245. The summed E-state index contributed by atoms with van der Waals surface area (Å²) >= 11 is 6.22. The summed E-state index contributed by atoms with van der Waals surface area (Å²) in [7, 11) is 2.11. The fourth-order valence-corrected chi connectivity index (χ4v) is 5.31. The van der Waals surface area contributed by atoms with Crippen molar-refractivity contribution in [3.05, 3.63) is 52.6 Å². The second kappa shape index (κ2) is 11.9. The highest BCUT2D eigenvalue weighted by molar-refractivity contribution is 6.31. The number of likely N-dealkylation sites (N-methyl/N-ethyl adjacent to an activating group) is 1. The first-order chi connectivity index (χ1) is 17.2. The summed E-state index contributed by atoms with van der Waals surface area (Å²) in [6.07, 6.45) is 6.40. The molecule has 0 bridgehead atoms. The molecule has 2 fully saturated rings. The summed E-state index contributed by atoms with van der Waals surface area (Å²) in [5.74, 6) is 2.23. The summed E-state index contributed by atoms with van der Waals surface area (Å²) in [6, 6.07) is 5.77. The van der Waals surface area contributed by atoms with Crippen molar-refractivity contribution in [3.63, 3.8) is 0 Å². The number of hydrogen-bond donors (Lipinski definition) is 0. The van der Waals surface area contributed by atoms with Crippen LogP contribution in [0.5, 0.6) is 5.75 Å². The third kappa shape index (κ3) is 6.96. The van der Waals surface area contributed by atoms with E-state index in [1.165, 1.54) is 0 Å². The van der Waals surface area contributed by atoms with Crippen LogP contribution in [0.1, 0.15) is 56.0 Å². The van der Waals surface area contributed by atoms with Gasteiger partial charge in [-0.05, 0) is 57.1 Å². The normalized spacial score (nSPS) is 21.7. The lowest BCUT2D eigenvalue weighted by atomic mass is 9.77. The van der Waals surface area contributed by atoms with Crippen LogP contribution in [0.3, 0.4) is 0 Å². The molecule has 0 spiro atoms. The third-order valence-electron chi connectivity index (χ3n) is 7.44. The fraction of sp³-hybridized carbons (Fsp3) is 0.607. The molecule has 7 nitrogen and oxygen atoms in total. The second-order valence-corrected chi connectivity index (χ2v) is 11.4. The predicted molar refractivity (Wildman–Crippen MR) is 143 cm³/mol. The zero-order valence-corrected chi connectivity index (χ0v) is 22.9. The monoisotopic (exact) mass is 513 g/mol. The van der Waals surface area contributed by atoms with Crippen LogP contribution in [0.4, 0.5) is 0 Å². The molecule has 36 heavy (non-hydrogen) atoms. The van der Waals surface area contributed by atoms with E-state index in [9.17, 15) is 4.79 Å². The maximum Gasteiger partial charge on any atom is 0.223 e. The van der Waals surface area contributed by atoms with Gasteiger partial charge in [-0.25, -0.2) is 9.97 Å². The van der Waals surface area contributed by atoms with Crippen molar-refractivity contribution in [1.82, 2.24) is 24.7 Å². The van der Waals surface area contributed by atoms with E-state index in [1.54, 1.807) is 0 Å². The van der Waals surface area contributed by atoms with Crippen molar-refractivity contribution >= 4 is 17.5 Å². The fourth-order valence-electron chi connectivity index (χ4n) is 5.19. The highest BCUT2D eigenvalue weighted by atomic mass is 35.5. The Balaban J connectivity index is 1.48. The molecule has 4 rings (SSSR count). The Kier molecular flexibility index (Phi) is 8.86. The molecule has 1 atom stereocenters. The molecule has 0 N–H and O–H groups in total. The molecule has 0 radical (unpaired) electrons. The van der Waals surface area contributed by atoms with Crippen LogP contribution < -0.4 is 4.74 Å². The van der Waals surface area contributed by atoms with Crippen molar-refractivity contribution in [3.8, 4) is 5.75 Å². The first kappa shape index (κ1) is 26.8. The van der Waals surface area contributed by atoms with Crippen molar-refractivity contribution < 1.29 is 9.53 Å². The molecule has 196 valence electrons. The van der Waals surface area contributed by atoms with Crippen LogP contribution in [0.25, 0.3) is 0 Å². The van der Waals surface area contributed by atoms with E-state index >= 15 is 0 Å². The molecule has 2 aromatic rings. The highest BCUT2D eigenvalue weighted by Gasteiger charge is 2.40. The number of halogens is 1. The molecule has 3 heterocycles. The van der Waals surface area contributed by atoms with Gasteiger partial charge in [-0.1, -0.05) is 25.4 Å². The van der Waals surface area contributed by atoms with Crippen LogP contribution >= 0.6 is 11.6 Å². The molecule has 0 saturated carbocycles. The van der Waals surface area contributed by atoms with Crippen LogP contribution in [-0.4, -0.2) is 83.5 Å². The predicted octanol–water partition coefficient (Wildman–Crippen LogP) is 4.39. The molecule has 2 saturated heterocycles. The molecule has 1 aromatic heterocycles. The Morgan fingerprint density at radius 1 is 1.14 bits per heavy atom. The molecule has 1 unspecified atom stereocenters. The number of piperidine rings is 1. The van der Waals surface area contributed by atoms with Gasteiger partial charge in [-0.2, -0.15) is 0 Å². The lowest BCUT2D eigenvalue weighted by Crippen LogP contribution is -2.52. The zero-order valence-electron chi connectivity index (χ0n) is 22.2. The van der Waals surface area contributed by atoms with Crippen molar-refractivity contribution in [2.75, 3.05) is 52.9 Å². The first-order valence-electron chi connectivity index (χ1n) is 13.1. The van der Waals surface area contributed by atoms with Crippen LogP contribution in [0.15, 0.2) is 30.6 Å². The van der Waals surface area contributed by atoms with Gasteiger partial charge in [0.1, 0.15) is 11.6 Å². The molecule has 1 aromatic carbocycles. The number of benzene rings is 1. The van der Waals surface area contributed by atoms with Crippen molar-refractivity contribution in [2.45, 2.75) is 52.5 Å². The topological polar surface area (TPSA) is 61.8 Å². The number of aryl methyl sites for hydroxylation is 1. The van der Waals surface area contributed by atoms with Gasteiger partial charge in [0.05, 0.1) is 6.61 Å². The number of carbonyl (C=O) groups is 1. The summed E-state index contributed by atoms with van der Waals surface area (Å²) in [5.41, 5.74) is 1.85. The van der Waals surface area contributed by atoms with Gasteiger partial charge in [0, 0.05) is 80.0 Å². The van der Waals surface area contributed by atoms with Gasteiger partial charge in [0.15, 0.2) is 0 Å². The number of carbonyl (C=O) groups excluding carboxylic acids is 1. The highest BCUT2D eigenvalue weighted by Crippen LogP contribution is 2.36. The van der Waals surface area contributed by atoms with Crippen molar-refractivity contribution in [2.24, 2.45) is 5.41 Å². The lowest BCUT2D eigenvalue weighted by Gasteiger charge is -2.43. The quantitative estimate of drug-likeness (QED) is 0.522. The van der Waals surface area contributed by atoms with Gasteiger partial charge in [0.25, 0.3) is 0 Å². The van der Waals surface area contributed by atoms with Gasteiger partial charge in [-0.3, -0.25) is 9.69 Å². The first-order valence-corrected chi connectivity index (χ1v) is 13.5. The number of hydrogen-bond acceptors (Lipinski definition) is 6. The molecular weight excluding hydrogens is 474 g/mol. The van der Waals surface area contributed by atoms with Gasteiger partial charge >= 0.3 is 0 Å². The minimum absolute atomic E-state index is 0.241. The van der Waals surface area contributed by atoms with Crippen molar-refractivity contribution in [1.29, 1.82) is 0 Å². The summed E-state index contributed by atoms with van der Waals surface area (Å²) in [4.78, 5) is 29.3. The Labute approximate surface area is 220 Å². The molecule has 2 aliphatic heterocycles. The van der Waals surface area contributed by atoms with Crippen LogP contribution in [0, 0.1) is 12.3 Å². The largest absolute Gasteiger partial charge is 0.493 e. The molecule has 2 aliphatic rings. The number of aromatic nitrogens is 2. The van der Waals surface area contributed by atoms with E-state index in [1.807, 2.05) is 42.4 Å². The number of likely N-dealkylation sites (tertiary alicyclic amines) is 1. The number of amides is 1. The molecule has 0 aliphatic carbocycles. The average molecular weight is 514 g/mol. The zero-order chi connectivity index (χ0) is 25.7. The van der Waals surface area contributed by atoms with E-state index in [0.717, 1.165) is 86.4 Å². The lowest BCUT2D eigenvalue weighted by molar-refractivity contribution is -0.137. The smallest absolute Gasteiger partial charge is 0.223 e. The average Bonchev–Trinajstić information content (AvgIpc) is 2.86. The van der Waals surface area contributed by atoms with Gasteiger partial charge < -0.3 is 14.5 Å². The van der Waals surface area contributed by atoms with Gasteiger partial charge in [-0.15, -0.1) is 0 Å². The van der Waals surface area contributed by atoms with E-state index in [4.69, 9.17) is 16.3 Å². The third-order valence-corrected chi connectivity index (χ3v) is 7.87. The second-order valence-electron chi connectivity index (χ2n) is 11.0. The van der Waals surface area contributed by atoms with Crippen LogP contribution in [-0.2, 0) is 11.3 Å². The molecular formula is C28H40ClN5O2. The number of piperazine rings is 1. The van der Waals surface area contributed by atoms with E-state index in [-0.39, 0.29) is 11.3 Å². The molecule has 1 amide bonds. The van der Waals surface area contributed by atoms with E-state index < -0.39 is 0 Å². The minimum Gasteiger partial charge on any atom is -0.493 e. The Morgan fingerprint density at radius 2 is 1.86 bits per heavy atom. The SMILES string of the molecule is Cc1cc(OCC2(CC(=O)N3CCN(C)CC3)CCCN(Cc3cnc(C(C)C)nc3)C2)ccc1Cl. The standard InChI is InChI=1S/C28H40ClN5O2/c1-21(2)27-30-16-23(17-31-27)18-33-9-5-8-28(19-33,15-26(35)34-12-10-32(4)11-13-34)20-36-24-6-7-25(29)22(3)14-24/h6-7,14,16-17,21H,5,8-13,15,18-20H2,1-4H3. The number of ether oxygens (including phenoxy) is 1. The summed E-state index contributed by atoms with van der Waals surface area (Å²) < 4.78 is 6.34. The Morgan fingerprint density at radius 3 is 2.53 bits per heavy atom. The Bertz CT molecular complexity index is 1020. The molecule has 8 heteroatoms. The van der Waals surface area contributed by atoms with Crippen LogP contribution in [0.2, 0.25) is 5.02 Å². The number of rotatable bonds is 8. The van der Waals surface area contributed by atoms with E-state index in [2.05, 4.69) is 40.7 Å².